The summed E-state index contributed by atoms with van der Waals surface area (Å²) < 4.78 is 34.8. The maximum absolute atomic E-state index is 13.1. The van der Waals surface area contributed by atoms with E-state index in [2.05, 4.69) is 10.0 Å². The average Bonchev–Trinajstić information content (AvgIpc) is 2.61. The molecule has 1 heterocycles. The Kier molecular flexibility index (Phi) is 7.52. The predicted molar refractivity (Wildman–Crippen MR) is 115 cm³/mol. The number of ether oxygens (including phenoxy) is 1. The Morgan fingerprint density at radius 3 is 2.43 bits per heavy atom. The molecule has 10 heteroatoms. The highest BCUT2D eigenvalue weighted by Gasteiger charge is 2.33. The molecule has 1 aliphatic heterocycles. The van der Waals surface area contributed by atoms with Crippen LogP contribution in [0.5, 0.6) is 5.75 Å². The van der Waals surface area contributed by atoms with Crippen LogP contribution in [0.25, 0.3) is 0 Å². The van der Waals surface area contributed by atoms with E-state index in [0.717, 1.165) is 29.7 Å². The van der Waals surface area contributed by atoms with Crippen LogP contribution in [-0.4, -0.2) is 44.0 Å². The number of carbonyl (C=O) groups is 1. The Hall–Kier alpha value is -1.72. The SMILES string of the molecule is Cc1c(C)c(S(=O)(=O)NC(N)NCCCC(N)C(=O)O)c(C)c2c1OC(C)(C)CC2. The Bertz CT molecular complexity index is 915. The summed E-state index contributed by atoms with van der Waals surface area (Å²) in [5.41, 5.74) is 14.1. The molecular weight excluding hydrogens is 408 g/mol. The van der Waals surface area contributed by atoms with Crippen LogP contribution in [0, 0.1) is 20.8 Å². The van der Waals surface area contributed by atoms with Crippen LogP contribution in [0.15, 0.2) is 4.90 Å². The molecule has 9 nitrogen and oxygen atoms in total. The van der Waals surface area contributed by atoms with E-state index in [1.54, 1.807) is 13.8 Å². The average molecular weight is 443 g/mol. The lowest BCUT2D eigenvalue weighted by molar-refractivity contribution is -0.138. The molecule has 0 aliphatic carbocycles. The molecule has 0 saturated carbocycles. The number of fused-ring (bicyclic) bond motifs is 1. The number of nitrogens with one attached hydrogen (secondary N) is 2. The van der Waals surface area contributed by atoms with Crippen molar-refractivity contribution in [2.45, 2.75) is 83.1 Å². The van der Waals surface area contributed by atoms with E-state index in [9.17, 15) is 13.2 Å². The van der Waals surface area contributed by atoms with E-state index in [1.807, 2.05) is 20.8 Å². The molecule has 0 amide bonds. The van der Waals surface area contributed by atoms with E-state index in [0.29, 0.717) is 24.1 Å². The van der Waals surface area contributed by atoms with Gasteiger partial charge in [0.1, 0.15) is 23.7 Å². The number of benzene rings is 1. The summed E-state index contributed by atoms with van der Waals surface area (Å²) in [4.78, 5) is 11.0. The zero-order valence-corrected chi connectivity index (χ0v) is 19.1. The highest BCUT2D eigenvalue weighted by Crippen LogP contribution is 2.42. The van der Waals surface area contributed by atoms with Crippen LogP contribution in [0.4, 0.5) is 0 Å². The van der Waals surface area contributed by atoms with E-state index >= 15 is 0 Å². The topological polar surface area (TPSA) is 157 Å². The van der Waals surface area contributed by atoms with Crippen molar-refractivity contribution in [1.82, 2.24) is 10.0 Å². The first kappa shape index (κ1) is 24.5. The zero-order valence-electron chi connectivity index (χ0n) is 18.3. The number of carboxylic acid groups (broad SMARTS) is 1. The predicted octanol–water partition coefficient (Wildman–Crippen LogP) is 1.02. The van der Waals surface area contributed by atoms with Crippen LogP contribution >= 0.6 is 0 Å². The number of sulfonamides is 1. The van der Waals surface area contributed by atoms with E-state index < -0.39 is 28.3 Å². The number of carboxylic acids is 1. The van der Waals surface area contributed by atoms with Crippen LogP contribution in [-0.2, 0) is 21.2 Å². The van der Waals surface area contributed by atoms with Crippen molar-refractivity contribution in [1.29, 1.82) is 0 Å². The van der Waals surface area contributed by atoms with Gasteiger partial charge in [-0.1, -0.05) is 0 Å². The molecule has 2 rings (SSSR count). The Labute approximate surface area is 178 Å². The highest BCUT2D eigenvalue weighted by atomic mass is 32.2. The minimum absolute atomic E-state index is 0.229. The molecule has 0 spiro atoms. The van der Waals surface area contributed by atoms with Gasteiger partial charge in [0, 0.05) is 0 Å². The van der Waals surface area contributed by atoms with Crippen molar-refractivity contribution < 1.29 is 23.1 Å². The molecule has 0 saturated heterocycles. The van der Waals surface area contributed by atoms with Gasteiger partial charge in [-0.25, -0.2) is 8.42 Å². The fraction of sp³-hybridized carbons (Fsp3) is 0.650. The summed E-state index contributed by atoms with van der Waals surface area (Å²) >= 11 is 0. The van der Waals surface area contributed by atoms with Gasteiger partial charge in [-0.2, -0.15) is 4.72 Å². The van der Waals surface area contributed by atoms with Crippen LogP contribution < -0.4 is 26.2 Å². The molecule has 2 unspecified atom stereocenters. The summed E-state index contributed by atoms with van der Waals surface area (Å²) in [6.45, 7) is 9.83. The smallest absolute Gasteiger partial charge is 0.320 e. The second kappa shape index (κ2) is 9.19. The van der Waals surface area contributed by atoms with E-state index in [4.69, 9.17) is 21.3 Å². The van der Waals surface area contributed by atoms with Crippen molar-refractivity contribution >= 4 is 16.0 Å². The summed E-state index contributed by atoms with van der Waals surface area (Å²) in [7, 11) is -3.88. The maximum Gasteiger partial charge on any atom is 0.320 e. The summed E-state index contributed by atoms with van der Waals surface area (Å²) in [6.07, 6.45) is 1.25. The number of hydrogen-bond acceptors (Lipinski definition) is 7. The second-order valence-electron chi connectivity index (χ2n) is 8.51. The number of hydrogen-bond donors (Lipinski definition) is 5. The van der Waals surface area contributed by atoms with Crippen molar-refractivity contribution in [3.63, 3.8) is 0 Å². The van der Waals surface area contributed by atoms with Gasteiger partial charge in [0.05, 0.1) is 4.90 Å². The van der Waals surface area contributed by atoms with Gasteiger partial charge in [0.2, 0.25) is 10.0 Å². The van der Waals surface area contributed by atoms with Gasteiger partial charge >= 0.3 is 5.97 Å². The number of rotatable bonds is 9. The third kappa shape index (κ3) is 5.50. The molecule has 2 atom stereocenters. The van der Waals surface area contributed by atoms with Gasteiger partial charge < -0.3 is 21.3 Å². The Balaban J connectivity index is 2.16. The first-order valence-electron chi connectivity index (χ1n) is 10.1. The van der Waals surface area contributed by atoms with Crippen molar-refractivity contribution in [2.24, 2.45) is 11.5 Å². The fourth-order valence-corrected chi connectivity index (χ4v) is 5.34. The summed E-state index contributed by atoms with van der Waals surface area (Å²) in [5.74, 6) is -0.293. The third-order valence-corrected chi connectivity index (χ3v) is 7.30. The Morgan fingerprint density at radius 2 is 1.83 bits per heavy atom. The number of aliphatic carboxylic acids is 1. The van der Waals surface area contributed by atoms with Gasteiger partial charge in [0.15, 0.2) is 0 Å². The van der Waals surface area contributed by atoms with Gasteiger partial charge in [-0.05, 0) is 89.1 Å². The van der Waals surface area contributed by atoms with Crippen LogP contribution in [0.2, 0.25) is 0 Å². The third-order valence-electron chi connectivity index (χ3n) is 5.59. The van der Waals surface area contributed by atoms with Crippen molar-refractivity contribution in [2.75, 3.05) is 6.54 Å². The second-order valence-corrected chi connectivity index (χ2v) is 10.2. The van der Waals surface area contributed by atoms with Crippen LogP contribution in [0.1, 0.15) is 55.4 Å². The fourth-order valence-electron chi connectivity index (χ4n) is 3.72. The monoisotopic (exact) mass is 442 g/mol. The largest absolute Gasteiger partial charge is 0.487 e. The summed E-state index contributed by atoms with van der Waals surface area (Å²) in [5, 5.41) is 11.6. The standard InChI is InChI=1S/C20H34N4O5S/c1-11-12(2)17(13(3)14-8-9-20(4,5)29-16(11)14)30(27,28)24-19(22)23-10-6-7-15(21)18(25)26/h15,19,23-24H,6-10,21-22H2,1-5H3,(H,25,26). The first-order valence-corrected chi connectivity index (χ1v) is 11.6. The molecule has 0 aromatic heterocycles. The lowest BCUT2D eigenvalue weighted by Gasteiger charge is -2.35. The normalized spacial score (nSPS) is 17.7. The molecule has 0 fully saturated rings. The molecular formula is C20H34N4O5S. The quantitative estimate of drug-likeness (QED) is 0.280. The highest BCUT2D eigenvalue weighted by molar-refractivity contribution is 7.89. The maximum atomic E-state index is 13.1. The Morgan fingerprint density at radius 1 is 1.20 bits per heavy atom. The lowest BCUT2D eigenvalue weighted by Crippen LogP contribution is -2.52. The molecule has 7 N–H and O–H groups in total. The van der Waals surface area contributed by atoms with Crippen molar-refractivity contribution in [3.8, 4) is 5.75 Å². The van der Waals surface area contributed by atoms with Crippen LogP contribution in [0.3, 0.4) is 0 Å². The molecule has 1 aromatic rings. The molecule has 1 aromatic carbocycles. The first-order chi connectivity index (χ1) is 13.8. The molecule has 0 bridgehead atoms. The minimum atomic E-state index is -3.88. The van der Waals surface area contributed by atoms with Gasteiger partial charge in [0.25, 0.3) is 0 Å². The van der Waals surface area contributed by atoms with Crippen molar-refractivity contribution in [3.05, 3.63) is 22.3 Å². The molecule has 1 aliphatic rings. The zero-order chi connectivity index (χ0) is 22.9. The van der Waals surface area contributed by atoms with Gasteiger partial charge in [-0.3, -0.25) is 10.1 Å². The van der Waals surface area contributed by atoms with E-state index in [-0.39, 0.29) is 16.9 Å². The number of nitrogens with two attached hydrogens (primary N) is 2. The minimum Gasteiger partial charge on any atom is -0.487 e. The van der Waals surface area contributed by atoms with Gasteiger partial charge in [-0.15, -0.1) is 0 Å². The lowest BCUT2D eigenvalue weighted by atomic mass is 9.88. The van der Waals surface area contributed by atoms with E-state index in [1.165, 1.54) is 0 Å². The summed E-state index contributed by atoms with van der Waals surface area (Å²) in [6, 6.07) is -0.948. The molecule has 170 valence electrons. The molecule has 30 heavy (non-hydrogen) atoms. The molecule has 0 radical (unpaired) electrons.